The molecule has 15 heteroatoms. The van der Waals surface area contributed by atoms with Crippen LogP contribution in [0.15, 0.2) is 41.2 Å². The van der Waals surface area contributed by atoms with Gasteiger partial charge in [0.05, 0.1) is 34.7 Å². The Labute approximate surface area is 274 Å². The molecule has 0 bridgehead atoms. The number of aromatic nitrogens is 2. The fraction of sp³-hybridized carbons (Fsp3) is 0.364. The lowest BCUT2D eigenvalue weighted by molar-refractivity contribution is -0.143. The molecule has 0 radical (unpaired) electrons. The van der Waals surface area contributed by atoms with Crippen LogP contribution in [0.25, 0.3) is 10.9 Å². The molecule has 0 aliphatic heterocycles. The van der Waals surface area contributed by atoms with E-state index in [1.807, 2.05) is 11.0 Å². The monoisotopic (exact) mass is 661 g/mol. The second kappa shape index (κ2) is 15.7. The maximum absolute atomic E-state index is 13.6. The Kier molecular flexibility index (Phi) is 11.5. The summed E-state index contributed by atoms with van der Waals surface area (Å²) in [5, 5.41) is 32.9. The smallest absolute Gasteiger partial charge is 0.326 e. The fourth-order valence-electron chi connectivity index (χ4n) is 5.74. The van der Waals surface area contributed by atoms with Crippen molar-refractivity contribution < 1.29 is 44.0 Å². The number of carbonyl (C=O) groups excluding carboxylic acids is 2. The van der Waals surface area contributed by atoms with Crippen molar-refractivity contribution in [1.82, 2.24) is 20.6 Å². The normalized spacial score (nSPS) is 14.7. The highest BCUT2D eigenvalue weighted by Gasteiger charge is 2.32. The molecule has 0 saturated heterocycles. The minimum absolute atomic E-state index is 0.0863. The van der Waals surface area contributed by atoms with E-state index in [4.69, 9.17) is 16.3 Å². The summed E-state index contributed by atoms with van der Waals surface area (Å²) >= 11 is 0. The highest BCUT2D eigenvalue weighted by molar-refractivity contribution is 6.01. The Bertz CT molecular complexity index is 1830. The van der Waals surface area contributed by atoms with Crippen LogP contribution in [0.2, 0.25) is 0 Å². The Hall–Kier alpha value is -5.75. The zero-order valence-electron chi connectivity index (χ0n) is 26.0. The first-order valence-corrected chi connectivity index (χ1v) is 15.0. The van der Waals surface area contributed by atoms with Crippen molar-refractivity contribution in [3.8, 4) is 12.3 Å². The maximum Gasteiger partial charge on any atom is 0.326 e. The number of nitrogens with one attached hydrogen (secondary N) is 3. The molecule has 3 atom stereocenters. The van der Waals surface area contributed by atoms with Gasteiger partial charge in [0.2, 0.25) is 5.91 Å². The molecular formula is C33H35N5O10. The van der Waals surface area contributed by atoms with Crippen LogP contribution in [-0.2, 0) is 36.9 Å². The van der Waals surface area contributed by atoms with Crippen LogP contribution in [0.3, 0.4) is 0 Å². The Morgan fingerprint density at radius 3 is 2.42 bits per heavy atom. The number of terminal acetylenes is 1. The molecule has 0 saturated carbocycles. The van der Waals surface area contributed by atoms with E-state index in [1.165, 1.54) is 13.2 Å². The van der Waals surface area contributed by atoms with E-state index in [-0.39, 0.29) is 43.2 Å². The molecule has 3 aromatic rings. The van der Waals surface area contributed by atoms with Gasteiger partial charge in [-0.2, -0.15) is 0 Å². The topological polar surface area (TPSA) is 228 Å². The average Bonchev–Trinajstić information content (AvgIpc) is 3.45. The van der Waals surface area contributed by atoms with Gasteiger partial charge in [0.25, 0.3) is 11.5 Å². The number of carboxylic acids is 3. The summed E-state index contributed by atoms with van der Waals surface area (Å²) in [5.74, 6) is -2.61. The van der Waals surface area contributed by atoms with Gasteiger partial charge in [-0.15, -0.1) is 6.42 Å². The number of benzene rings is 2. The number of aryl methyl sites for hydroxylation is 1. The number of rotatable bonds is 16. The lowest BCUT2D eigenvalue weighted by Crippen LogP contribution is -2.44. The molecule has 48 heavy (non-hydrogen) atoms. The summed E-state index contributed by atoms with van der Waals surface area (Å²) in [5.41, 5.74) is 2.57. The van der Waals surface area contributed by atoms with Crippen molar-refractivity contribution in [2.24, 2.45) is 0 Å². The molecule has 2 amide bonds. The van der Waals surface area contributed by atoms with Crippen LogP contribution in [0.1, 0.15) is 65.5 Å². The zero-order valence-corrected chi connectivity index (χ0v) is 26.0. The van der Waals surface area contributed by atoms with Gasteiger partial charge in [-0.05, 0) is 61.1 Å². The third-order valence-corrected chi connectivity index (χ3v) is 7.98. The first-order valence-electron chi connectivity index (χ1n) is 15.0. The van der Waals surface area contributed by atoms with Crippen molar-refractivity contribution >= 4 is 46.3 Å². The molecule has 0 fully saturated rings. The lowest BCUT2D eigenvalue weighted by atomic mass is 10.0. The van der Waals surface area contributed by atoms with Gasteiger partial charge in [-0.1, -0.05) is 18.1 Å². The zero-order chi connectivity index (χ0) is 35.0. The largest absolute Gasteiger partial charge is 0.481 e. The van der Waals surface area contributed by atoms with Gasteiger partial charge in [0.1, 0.15) is 24.5 Å². The van der Waals surface area contributed by atoms with Gasteiger partial charge in [0.15, 0.2) is 0 Å². The molecule has 6 N–H and O–H groups in total. The van der Waals surface area contributed by atoms with E-state index in [0.717, 1.165) is 11.1 Å². The standard InChI is InChI=1S/C33H35N5O10/c1-3-14-38(26-11-8-18-15-24-21(16-20(18)26)31(43)37-27(34-24)17-48-2)25-7-5-4-6-19(25)30(42)36-23(33(46)47)9-12-28(39)35-22(32(44)45)10-13-29(40)41/h1,4-7,15-16,22-23,26H,8-14,17H2,2H3,(H,35,39)(H,36,42)(H,40,41)(H,44,45)(H,46,47)(H,34,37,43)/t22-,23+,26?/m1/s1. The number of methoxy groups -OCH3 is 1. The van der Waals surface area contributed by atoms with Crippen LogP contribution in [-0.4, -0.2) is 80.7 Å². The second-order valence-corrected chi connectivity index (χ2v) is 11.2. The molecule has 0 spiro atoms. The summed E-state index contributed by atoms with van der Waals surface area (Å²) in [6, 6.07) is 6.85. The number of carboxylic acid groups (broad SMARTS) is 3. The fourth-order valence-corrected chi connectivity index (χ4v) is 5.74. The number of hydrogen-bond acceptors (Lipinski definition) is 9. The summed E-state index contributed by atoms with van der Waals surface area (Å²) in [7, 11) is 1.50. The maximum atomic E-state index is 13.6. The molecular weight excluding hydrogens is 626 g/mol. The highest BCUT2D eigenvalue weighted by atomic mass is 16.5. The Balaban J connectivity index is 1.55. The minimum atomic E-state index is -1.51. The minimum Gasteiger partial charge on any atom is -0.481 e. The van der Waals surface area contributed by atoms with Crippen molar-refractivity contribution in [2.45, 2.75) is 63.3 Å². The molecule has 15 nitrogen and oxygen atoms in total. The molecule has 4 rings (SSSR count). The average molecular weight is 662 g/mol. The molecule has 1 aromatic heterocycles. The van der Waals surface area contributed by atoms with Crippen LogP contribution >= 0.6 is 0 Å². The van der Waals surface area contributed by atoms with Crippen LogP contribution in [0.5, 0.6) is 0 Å². The summed E-state index contributed by atoms with van der Waals surface area (Å²) in [6.45, 7) is 0.235. The number of fused-ring (bicyclic) bond motifs is 2. The van der Waals surface area contributed by atoms with Crippen LogP contribution in [0.4, 0.5) is 5.69 Å². The van der Waals surface area contributed by atoms with Gasteiger partial charge in [-0.25, -0.2) is 14.6 Å². The molecule has 2 aromatic carbocycles. The molecule has 1 heterocycles. The number of hydrogen-bond donors (Lipinski definition) is 6. The van der Waals surface area contributed by atoms with Gasteiger partial charge >= 0.3 is 17.9 Å². The lowest BCUT2D eigenvalue weighted by Gasteiger charge is -2.32. The summed E-state index contributed by atoms with van der Waals surface area (Å²) < 4.78 is 5.10. The van der Waals surface area contributed by atoms with Crippen molar-refractivity contribution in [3.63, 3.8) is 0 Å². The quantitative estimate of drug-likeness (QED) is 0.120. The number of ether oxygens (including phenoxy) is 1. The summed E-state index contributed by atoms with van der Waals surface area (Å²) in [6.07, 6.45) is 5.37. The predicted molar refractivity (Wildman–Crippen MR) is 171 cm³/mol. The second-order valence-electron chi connectivity index (χ2n) is 11.2. The number of para-hydroxylation sites is 1. The number of carbonyl (C=O) groups is 5. The van der Waals surface area contributed by atoms with Crippen molar-refractivity contribution in [1.29, 1.82) is 0 Å². The van der Waals surface area contributed by atoms with E-state index >= 15 is 0 Å². The van der Waals surface area contributed by atoms with Crippen molar-refractivity contribution in [2.75, 3.05) is 18.6 Å². The third kappa shape index (κ3) is 8.34. The van der Waals surface area contributed by atoms with E-state index in [1.54, 1.807) is 24.3 Å². The van der Waals surface area contributed by atoms with E-state index in [2.05, 4.69) is 26.5 Å². The SMILES string of the molecule is C#CCN(c1ccccc1C(=O)N[C@@H](CCC(=O)N[C@H](CCC(=O)O)C(=O)O)C(=O)O)C1CCc2cc3nc(COC)[nH]c(=O)c3cc21. The third-order valence-electron chi connectivity index (χ3n) is 7.98. The number of amides is 2. The molecule has 1 aliphatic rings. The number of anilines is 1. The van der Waals surface area contributed by atoms with Crippen LogP contribution < -0.4 is 21.1 Å². The first kappa shape index (κ1) is 35.1. The van der Waals surface area contributed by atoms with E-state index < -0.39 is 54.6 Å². The number of aromatic amines is 1. The van der Waals surface area contributed by atoms with Crippen molar-refractivity contribution in [3.05, 3.63) is 69.3 Å². The van der Waals surface area contributed by atoms with Crippen LogP contribution in [0, 0.1) is 12.3 Å². The van der Waals surface area contributed by atoms with Gasteiger partial charge in [-0.3, -0.25) is 19.2 Å². The molecule has 1 unspecified atom stereocenters. The molecule has 1 aliphatic carbocycles. The van der Waals surface area contributed by atoms with Gasteiger partial charge < -0.3 is 40.6 Å². The summed E-state index contributed by atoms with van der Waals surface area (Å²) in [4.78, 5) is 82.2. The van der Waals surface area contributed by atoms with E-state index in [0.29, 0.717) is 35.3 Å². The molecule has 252 valence electrons. The first-order chi connectivity index (χ1) is 22.9. The van der Waals surface area contributed by atoms with E-state index in [9.17, 15) is 39.0 Å². The number of H-pyrrole nitrogens is 1. The van der Waals surface area contributed by atoms with Gasteiger partial charge in [0, 0.05) is 20.0 Å². The predicted octanol–water partition coefficient (Wildman–Crippen LogP) is 1.59. The Morgan fingerprint density at radius 2 is 1.75 bits per heavy atom. The number of aliphatic carboxylic acids is 3. The Morgan fingerprint density at radius 1 is 1.06 bits per heavy atom. The highest BCUT2D eigenvalue weighted by Crippen LogP contribution is 2.40. The number of nitrogens with zero attached hydrogens (tertiary/aromatic N) is 2.